The number of carbonyl (C=O) groups is 2. The van der Waals surface area contributed by atoms with E-state index in [0.717, 1.165) is 6.07 Å². The van der Waals surface area contributed by atoms with Gasteiger partial charge in [-0.3, -0.25) is 9.59 Å². The van der Waals surface area contributed by atoms with Gasteiger partial charge in [0, 0.05) is 34.2 Å². The first kappa shape index (κ1) is 24.2. The minimum atomic E-state index is -1.21. The summed E-state index contributed by atoms with van der Waals surface area (Å²) in [5, 5.41) is 17.6. The molecule has 2 unspecified atom stereocenters. The number of rotatable bonds is 7. The van der Waals surface area contributed by atoms with Crippen molar-refractivity contribution in [1.82, 2.24) is 10.6 Å². The highest BCUT2D eigenvalue weighted by atomic mass is 35.5. The molecule has 186 valence electrons. The zero-order chi connectivity index (χ0) is 25.0. The van der Waals surface area contributed by atoms with E-state index >= 15 is 0 Å². The number of halogens is 3. The van der Waals surface area contributed by atoms with Crippen LogP contribution in [0.3, 0.4) is 0 Å². The van der Waals surface area contributed by atoms with Crippen molar-refractivity contribution < 1.29 is 28.6 Å². The van der Waals surface area contributed by atoms with Crippen LogP contribution in [-0.2, 0) is 15.2 Å². The molecule has 10 heteroatoms. The SMILES string of the molecule is CCC1(O)CC(C(=O)NC23CC(NC(=O)COc4ccc(Cl)c(F)c4)(C2)C3)Oc2ccc(Cl)cc21. The minimum Gasteiger partial charge on any atom is -0.484 e. The number of nitrogens with one attached hydrogen (secondary N) is 2. The first-order valence-electron chi connectivity index (χ1n) is 11.4. The van der Waals surface area contributed by atoms with Gasteiger partial charge in [0.2, 0.25) is 0 Å². The monoisotopic (exact) mass is 522 g/mol. The Morgan fingerprint density at radius 2 is 1.86 bits per heavy atom. The van der Waals surface area contributed by atoms with Crippen molar-refractivity contribution in [3.8, 4) is 11.5 Å². The Hall–Kier alpha value is -2.55. The van der Waals surface area contributed by atoms with Gasteiger partial charge in [0.05, 0.1) is 10.6 Å². The molecule has 3 aliphatic carbocycles. The average Bonchev–Trinajstić information content (AvgIpc) is 2.78. The first-order chi connectivity index (χ1) is 16.5. The van der Waals surface area contributed by atoms with Crippen molar-refractivity contribution in [2.45, 2.75) is 61.8 Å². The molecule has 7 nitrogen and oxygen atoms in total. The lowest BCUT2D eigenvalue weighted by molar-refractivity contribution is -0.157. The number of fused-ring (bicyclic) bond motifs is 1. The molecule has 3 N–H and O–H groups in total. The van der Waals surface area contributed by atoms with Crippen LogP contribution in [0, 0.1) is 5.82 Å². The summed E-state index contributed by atoms with van der Waals surface area (Å²) in [7, 11) is 0. The lowest BCUT2D eigenvalue weighted by Crippen LogP contribution is -2.84. The molecule has 2 amide bonds. The van der Waals surface area contributed by atoms with Crippen molar-refractivity contribution >= 4 is 35.0 Å². The van der Waals surface area contributed by atoms with Crippen molar-refractivity contribution in [1.29, 1.82) is 0 Å². The van der Waals surface area contributed by atoms with Crippen LogP contribution in [0.5, 0.6) is 11.5 Å². The van der Waals surface area contributed by atoms with E-state index in [1.807, 2.05) is 6.92 Å². The second-order valence-electron chi connectivity index (χ2n) is 9.83. The van der Waals surface area contributed by atoms with Gasteiger partial charge < -0.3 is 25.2 Å². The topological polar surface area (TPSA) is 96.9 Å². The maximum Gasteiger partial charge on any atom is 0.261 e. The molecule has 6 rings (SSSR count). The fraction of sp³-hybridized carbons (Fsp3) is 0.440. The number of benzene rings is 2. The third-order valence-electron chi connectivity index (χ3n) is 7.20. The van der Waals surface area contributed by atoms with Crippen molar-refractivity contribution in [3.63, 3.8) is 0 Å². The zero-order valence-corrected chi connectivity index (χ0v) is 20.5. The first-order valence-corrected chi connectivity index (χ1v) is 12.2. The van der Waals surface area contributed by atoms with E-state index in [4.69, 9.17) is 32.7 Å². The molecule has 2 atom stereocenters. The maximum absolute atomic E-state index is 13.5. The Labute approximate surface area is 211 Å². The van der Waals surface area contributed by atoms with Gasteiger partial charge in [-0.1, -0.05) is 30.1 Å². The van der Waals surface area contributed by atoms with Gasteiger partial charge in [-0.2, -0.15) is 0 Å². The van der Waals surface area contributed by atoms with Crippen LogP contribution >= 0.6 is 23.2 Å². The van der Waals surface area contributed by atoms with Crippen molar-refractivity contribution in [2.75, 3.05) is 6.61 Å². The quantitative estimate of drug-likeness (QED) is 0.512. The number of ether oxygens (including phenoxy) is 2. The molecular formula is C25H25Cl2FN2O5. The molecule has 35 heavy (non-hydrogen) atoms. The summed E-state index contributed by atoms with van der Waals surface area (Å²) >= 11 is 11.7. The molecule has 2 bridgehead atoms. The lowest BCUT2D eigenvalue weighted by atomic mass is 9.44. The predicted octanol–water partition coefficient (Wildman–Crippen LogP) is 3.87. The second kappa shape index (κ2) is 8.54. The molecular weight excluding hydrogens is 498 g/mol. The second-order valence-corrected chi connectivity index (χ2v) is 10.7. The lowest BCUT2D eigenvalue weighted by Gasteiger charge is -2.70. The zero-order valence-electron chi connectivity index (χ0n) is 19.0. The summed E-state index contributed by atoms with van der Waals surface area (Å²) < 4.78 is 24.7. The normalized spacial score (nSPS) is 30.1. The Morgan fingerprint density at radius 1 is 1.14 bits per heavy atom. The minimum absolute atomic E-state index is 0.0189. The molecule has 0 saturated heterocycles. The molecule has 0 aromatic heterocycles. The third kappa shape index (κ3) is 4.43. The smallest absolute Gasteiger partial charge is 0.261 e. The Kier molecular flexibility index (Phi) is 5.89. The maximum atomic E-state index is 13.5. The van der Waals surface area contributed by atoms with E-state index in [0.29, 0.717) is 42.0 Å². The number of aliphatic hydroxyl groups is 1. The predicted molar refractivity (Wildman–Crippen MR) is 127 cm³/mol. The number of hydrogen-bond donors (Lipinski definition) is 3. The van der Waals surface area contributed by atoms with Gasteiger partial charge in [-0.25, -0.2) is 4.39 Å². The van der Waals surface area contributed by atoms with Gasteiger partial charge in [-0.05, 0) is 56.0 Å². The molecule has 4 aliphatic rings. The van der Waals surface area contributed by atoms with Crippen molar-refractivity contribution in [2.24, 2.45) is 0 Å². The van der Waals surface area contributed by atoms with E-state index in [-0.39, 0.29) is 41.2 Å². The van der Waals surface area contributed by atoms with Gasteiger partial charge in [0.15, 0.2) is 12.7 Å². The molecule has 0 spiro atoms. The highest BCUT2D eigenvalue weighted by molar-refractivity contribution is 6.31. The average molecular weight is 523 g/mol. The Morgan fingerprint density at radius 3 is 2.54 bits per heavy atom. The molecule has 2 aromatic carbocycles. The van der Waals surface area contributed by atoms with Crippen LogP contribution in [0.25, 0.3) is 0 Å². The Balaban J connectivity index is 1.13. The van der Waals surface area contributed by atoms with Gasteiger partial charge in [0.1, 0.15) is 17.3 Å². The summed E-state index contributed by atoms with van der Waals surface area (Å²) in [4.78, 5) is 25.3. The standard InChI is InChI=1S/C25H25Cl2FN2O5/c1-2-25(33)9-20(35-19-6-3-14(26)7-16(19)25)22(32)30-24-11-23(12-24,13-24)29-21(31)10-34-15-4-5-17(27)18(28)8-15/h3-8,20,33H,2,9-13H2,1H3,(H,29,31)(H,30,32). The van der Waals surface area contributed by atoms with Crippen LogP contribution < -0.4 is 20.1 Å². The van der Waals surface area contributed by atoms with E-state index in [9.17, 15) is 19.1 Å². The number of amides is 2. The highest BCUT2D eigenvalue weighted by Crippen LogP contribution is 2.60. The van der Waals surface area contributed by atoms with Gasteiger partial charge >= 0.3 is 0 Å². The summed E-state index contributed by atoms with van der Waals surface area (Å²) in [5.41, 5.74) is -1.38. The summed E-state index contributed by atoms with van der Waals surface area (Å²) in [6.45, 7) is 1.60. The summed E-state index contributed by atoms with van der Waals surface area (Å²) in [5.74, 6) is -0.559. The van der Waals surface area contributed by atoms with E-state index in [2.05, 4.69) is 10.6 Å². The van der Waals surface area contributed by atoms with Crippen molar-refractivity contribution in [3.05, 3.63) is 57.8 Å². The van der Waals surface area contributed by atoms with Crippen LogP contribution in [0.1, 0.15) is 44.6 Å². The third-order valence-corrected chi connectivity index (χ3v) is 7.74. The van der Waals surface area contributed by atoms with Crippen LogP contribution in [-0.4, -0.2) is 40.7 Å². The summed E-state index contributed by atoms with van der Waals surface area (Å²) in [6.07, 6.45) is 1.51. The molecule has 1 aliphatic heterocycles. The molecule has 2 aromatic rings. The number of carbonyl (C=O) groups excluding carboxylic acids is 2. The highest BCUT2D eigenvalue weighted by Gasteiger charge is 2.69. The fourth-order valence-electron chi connectivity index (χ4n) is 5.50. The molecule has 0 radical (unpaired) electrons. The number of hydrogen-bond acceptors (Lipinski definition) is 5. The van der Waals surface area contributed by atoms with Gasteiger partial charge in [-0.15, -0.1) is 0 Å². The summed E-state index contributed by atoms with van der Waals surface area (Å²) in [6, 6.07) is 8.99. The largest absolute Gasteiger partial charge is 0.484 e. The molecule has 3 fully saturated rings. The van der Waals surface area contributed by atoms with E-state index in [1.54, 1.807) is 18.2 Å². The molecule has 1 heterocycles. The Bertz CT molecular complexity index is 1190. The van der Waals surface area contributed by atoms with Crippen LogP contribution in [0.4, 0.5) is 4.39 Å². The van der Waals surface area contributed by atoms with E-state index in [1.165, 1.54) is 12.1 Å². The molecule has 3 saturated carbocycles. The van der Waals surface area contributed by atoms with Crippen LogP contribution in [0.2, 0.25) is 10.0 Å². The fourth-order valence-corrected chi connectivity index (χ4v) is 5.79. The van der Waals surface area contributed by atoms with Crippen LogP contribution in [0.15, 0.2) is 36.4 Å². The van der Waals surface area contributed by atoms with E-state index < -0.39 is 23.1 Å². The van der Waals surface area contributed by atoms with Gasteiger partial charge in [0.25, 0.3) is 11.8 Å².